The van der Waals surface area contributed by atoms with E-state index in [4.69, 9.17) is 5.11 Å². The standard InChI is InChI=1S/C14H24N2O3S2/c1-11(9-14-4-3-12(2)20-14)15-21(18,19)16-7-5-13(10-17)6-8-16/h3-4,11,13,15,17H,5-10H2,1-2H3. The minimum atomic E-state index is -3.42. The van der Waals surface area contributed by atoms with Crippen molar-refractivity contribution in [1.29, 1.82) is 0 Å². The first-order valence-corrected chi connectivity index (χ1v) is 9.60. The summed E-state index contributed by atoms with van der Waals surface area (Å²) in [5, 5.41) is 9.11. The van der Waals surface area contributed by atoms with Crippen LogP contribution in [0.5, 0.6) is 0 Å². The van der Waals surface area contributed by atoms with Crippen LogP contribution in [0.15, 0.2) is 12.1 Å². The Balaban J connectivity index is 1.88. The van der Waals surface area contributed by atoms with E-state index in [9.17, 15) is 8.42 Å². The third kappa shape index (κ3) is 4.75. The van der Waals surface area contributed by atoms with Gasteiger partial charge in [-0.15, -0.1) is 11.3 Å². The van der Waals surface area contributed by atoms with E-state index in [-0.39, 0.29) is 18.6 Å². The lowest BCUT2D eigenvalue weighted by atomic mass is 10.00. The number of nitrogens with zero attached hydrogens (tertiary/aromatic N) is 1. The molecule has 1 fully saturated rings. The number of rotatable bonds is 6. The van der Waals surface area contributed by atoms with Gasteiger partial charge in [-0.05, 0) is 51.2 Å². The molecule has 1 aromatic rings. The second kappa shape index (κ2) is 7.19. The minimum Gasteiger partial charge on any atom is -0.396 e. The summed E-state index contributed by atoms with van der Waals surface area (Å²) in [4.78, 5) is 2.44. The molecule has 0 radical (unpaired) electrons. The summed E-state index contributed by atoms with van der Waals surface area (Å²) in [6.07, 6.45) is 2.18. The van der Waals surface area contributed by atoms with Crippen LogP contribution in [0.4, 0.5) is 0 Å². The third-order valence-corrected chi connectivity index (χ3v) is 6.59. The Morgan fingerprint density at radius 3 is 2.62 bits per heavy atom. The molecule has 0 saturated carbocycles. The molecule has 1 unspecified atom stereocenters. The molecular formula is C14H24N2O3S2. The van der Waals surface area contributed by atoms with Crippen molar-refractivity contribution in [3.05, 3.63) is 21.9 Å². The number of aliphatic hydroxyl groups excluding tert-OH is 1. The molecule has 1 aliphatic rings. The Morgan fingerprint density at radius 1 is 1.43 bits per heavy atom. The molecule has 0 bridgehead atoms. The number of nitrogens with one attached hydrogen (secondary N) is 1. The van der Waals surface area contributed by atoms with Crippen LogP contribution >= 0.6 is 11.3 Å². The van der Waals surface area contributed by atoms with Crippen molar-refractivity contribution in [2.24, 2.45) is 5.92 Å². The topological polar surface area (TPSA) is 69.6 Å². The molecule has 21 heavy (non-hydrogen) atoms. The molecule has 2 rings (SSSR count). The van der Waals surface area contributed by atoms with E-state index in [0.29, 0.717) is 19.5 Å². The molecule has 120 valence electrons. The lowest BCUT2D eigenvalue weighted by molar-refractivity contribution is 0.169. The first-order valence-electron chi connectivity index (χ1n) is 7.34. The summed E-state index contributed by atoms with van der Waals surface area (Å²) in [5.41, 5.74) is 0. The van der Waals surface area contributed by atoms with E-state index in [1.165, 1.54) is 14.1 Å². The Labute approximate surface area is 131 Å². The summed E-state index contributed by atoms with van der Waals surface area (Å²) < 4.78 is 28.9. The highest BCUT2D eigenvalue weighted by Crippen LogP contribution is 2.20. The predicted octanol–water partition coefficient (Wildman–Crippen LogP) is 1.53. The van der Waals surface area contributed by atoms with Crippen LogP contribution in [0.25, 0.3) is 0 Å². The van der Waals surface area contributed by atoms with Crippen LogP contribution in [-0.4, -0.2) is 43.6 Å². The maximum Gasteiger partial charge on any atom is 0.279 e. The zero-order valence-corrected chi connectivity index (χ0v) is 14.2. The molecule has 1 atom stereocenters. The van der Waals surface area contributed by atoms with Crippen LogP contribution in [0.3, 0.4) is 0 Å². The highest BCUT2D eigenvalue weighted by atomic mass is 32.2. The highest BCUT2D eigenvalue weighted by Gasteiger charge is 2.28. The van der Waals surface area contributed by atoms with E-state index in [2.05, 4.69) is 16.9 Å². The number of aliphatic hydroxyl groups is 1. The molecule has 1 aromatic heterocycles. The number of thiophene rings is 1. The Bertz CT molecular complexity index is 548. The van der Waals surface area contributed by atoms with Gasteiger partial charge in [0.25, 0.3) is 10.2 Å². The smallest absolute Gasteiger partial charge is 0.279 e. The lowest BCUT2D eigenvalue weighted by Gasteiger charge is -2.31. The van der Waals surface area contributed by atoms with Gasteiger partial charge in [0.1, 0.15) is 0 Å². The first kappa shape index (κ1) is 16.9. The fraction of sp³-hybridized carbons (Fsp3) is 0.714. The van der Waals surface area contributed by atoms with Crippen LogP contribution in [0.1, 0.15) is 29.5 Å². The average molecular weight is 332 g/mol. The second-order valence-corrected chi connectivity index (χ2v) is 8.84. The fourth-order valence-corrected chi connectivity index (χ4v) is 5.05. The zero-order chi connectivity index (χ0) is 15.5. The van der Waals surface area contributed by atoms with E-state index in [1.54, 1.807) is 11.3 Å². The van der Waals surface area contributed by atoms with Crippen molar-refractivity contribution in [2.75, 3.05) is 19.7 Å². The molecule has 0 aliphatic carbocycles. The maximum atomic E-state index is 12.3. The predicted molar refractivity (Wildman–Crippen MR) is 85.7 cm³/mol. The molecule has 5 nitrogen and oxygen atoms in total. The van der Waals surface area contributed by atoms with Crippen molar-refractivity contribution < 1.29 is 13.5 Å². The Morgan fingerprint density at radius 2 is 2.10 bits per heavy atom. The van der Waals surface area contributed by atoms with Gasteiger partial charge >= 0.3 is 0 Å². The molecule has 2 heterocycles. The van der Waals surface area contributed by atoms with Gasteiger partial charge in [0, 0.05) is 35.5 Å². The number of hydrogen-bond acceptors (Lipinski definition) is 4. The van der Waals surface area contributed by atoms with Crippen molar-refractivity contribution in [3.63, 3.8) is 0 Å². The van der Waals surface area contributed by atoms with E-state index in [1.807, 2.05) is 13.8 Å². The van der Waals surface area contributed by atoms with Gasteiger partial charge in [-0.25, -0.2) is 0 Å². The van der Waals surface area contributed by atoms with Gasteiger partial charge < -0.3 is 5.11 Å². The molecule has 1 saturated heterocycles. The van der Waals surface area contributed by atoms with Crippen LogP contribution in [-0.2, 0) is 16.6 Å². The minimum absolute atomic E-state index is 0.122. The lowest BCUT2D eigenvalue weighted by Crippen LogP contribution is -2.48. The molecule has 0 aromatic carbocycles. The average Bonchev–Trinajstić information content (AvgIpc) is 2.83. The SMILES string of the molecule is Cc1ccc(CC(C)NS(=O)(=O)N2CCC(CO)CC2)s1. The van der Waals surface area contributed by atoms with Crippen molar-refractivity contribution in [3.8, 4) is 0 Å². The van der Waals surface area contributed by atoms with E-state index >= 15 is 0 Å². The largest absolute Gasteiger partial charge is 0.396 e. The highest BCUT2D eigenvalue weighted by molar-refractivity contribution is 7.87. The van der Waals surface area contributed by atoms with Gasteiger partial charge in [0.2, 0.25) is 0 Å². The summed E-state index contributed by atoms with van der Waals surface area (Å²) in [6.45, 7) is 5.08. The maximum absolute atomic E-state index is 12.3. The van der Waals surface area contributed by atoms with Crippen LogP contribution in [0.2, 0.25) is 0 Å². The van der Waals surface area contributed by atoms with Gasteiger partial charge in [0.05, 0.1) is 0 Å². The molecule has 0 spiro atoms. The monoisotopic (exact) mass is 332 g/mol. The van der Waals surface area contributed by atoms with Gasteiger partial charge in [-0.3, -0.25) is 0 Å². The molecular weight excluding hydrogens is 308 g/mol. The molecule has 1 aliphatic heterocycles. The molecule has 2 N–H and O–H groups in total. The normalized spacial score (nSPS) is 19.8. The zero-order valence-electron chi connectivity index (χ0n) is 12.6. The summed E-state index contributed by atoms with van der Waals surface area (Å²) in [7, 11) is -3.42. The summed E-state index contributed by atoms with van der Waals surface area (Å²) >= 11 is 1.70. The van der Waals surface area contributed by atoms with Crippen molar-refractivity contribution >= 4 is 21.5 Å². The summed E-state index contributed by atoms with van der Waals surface area (Å²) in [6, 6.07) is 3.99. The number of aryl methyl sites for hydroxylation is 1. The van der Waals surface area contributed by atoms with E-state index in [0.717, 1.165) is 12.8 Å². The molecule has 0 amide bonds. The molecule has 7 heteroatoms. The van der Waals surface area contributed by atoms with Gasteiger partial charge in [-0.2, -0.15) is 17.4 Å². The Kier molecular flexibility index (Phi) is 5.79. The van der Waals surface area contributed by atoms with Crippen LogP contribution in [0, 0.1) is 12.8 Å². The van der Waals surface area contributed by atoms with Gasteiger partial charge in [0.15, 0.2) is 0 Å². The van der Waals surface area contributed by atoms with Crippen LogP contribution < -0.4 is 4.72 Å². The first-order chi connectivity index (χ1) is 9.90. The third-order valence-electron chi connectivity index (χ3n) is 3.83. The fourth-order valence-electron chi connectivity index (χ4n) is 2.60. The summed E-state index contributed by atoms with van der Waals surface area (Å²) in [5.74, 6) is 0.239. The second-order valence-electron chi connectivity index (χ2n) is 5.77. The number of hydrogen-bond donors (Lipinski definition) is 2. The van der Waals surface area contributed by atoms with E-state index < -0.39 is 10.2 Å². The number of piperidine rings is 1. The van der Waals surface area contributed by atoms with Crippen molar-refractivity contribution in [2.45, 2.75) is 39.2 Å². The van der Waals surface area contributed by atoms with Gasteiger partial charge in [-0.1, -0.05) is 0 Å². The Hall–Kier alpha value is -0.470. The quantitative estimate of drug-likeness (QED) is 0.830. The van der Waals surface area contributed by atoms with Crippen molar-refractivity contribution in [1.82, 2.24) is 9.03 Å².